The summed E-state index contributed by atoms with van der Waals surface area (Å²) in [6.07, 6.45) is 3.79. The van der Waals surface area contributed by atoms with Gasteiger partial charge in [-0.05, 0) is 39.3 Å². The van der Waals surface area contributed by atoms with Crippen LogP contribution in [0.2, 0.25) is 0 Å². The molecule has 3 nitrogen and oxygen atoms in total. The molecule has 90 valence electrons. The quantitative estimate of drug-likeness (QED) is 0.638. The maximum Gasteiger partial charge on any atom is 0.0623 e. The lowest BCUT2D eigenvalue weighted by atomic mass is 10.0. The molecule has 0 heterocycles. The molecule has 1 aliphatic carbocycles. The Kier molecular flexibility index (Phi) is 5.03. The van der Waals surface area contributed by atoms with Gasteiger partial charge in [0.1, 0.15) is 0 Å². The molecule has 0 saturated heterocycles. The SMILES string of the molecule is CCCNC(C)(CO)CN(CC)C1CC1. The summed E-state index contributed by atoms with van der Waals surface area (Å²) < 4.78 is 0. The van der Waals surface area contributed by atoms with Crippen LogP contribution in [0.1, 0.15) is 40.0 Å². The third kappa shape index (κ3) is 4.09. The normalized spacial score (nSPS) is 20.6. The van der Waals surface area contributed by atoms with Crippen LogP contribution in [0.3, 0.4) is 0 Å². The number of nitrogens with one attached hydrogen (secondary N) is 1. The zero-order valence-corrected chi connectivity index (χ0v) is 10.4. The maximum absolute atomic E-state index is 9.47. The molecule has 1 unspecified atom stereocenters. The Hall–Kier alpha value is -0.120. The van der Waals surface area contributed by atoms with Gasteiger partial charge in [-0.1, -0.05) is 13.8 Å². The molecular weight excluding hydrogens is 188 g/mol. The van der Waals surface area contributed by atoms with E-state index in [2.05, 4.69) is 31.0 Å². The largest absolute Gasteiger partial charge is 0.394 e. The fraction of sp³-hybridized carbons (Fsp3) is 1.00. The second-order valence-electron chi connectivity index (χ2n) is 4.94. The van der Waals surface area contributed by atoms with Gasteiger partial charge in [-0.2, -0.15) is 0 Å². The lowest BCUT2D eigenvalue weighted by molar-refractivity contribution is 0.119. The number of hydrogen-bond donors (Lipinski definition) is 2. The molecule has 2 N–H and O–H groups in total. The molecular formula is C12H26N2O. The average Bonchev–Trinajstić information content (AvgIpc) is 3.07. The summed E-state index contributed by atoms with van der Waals surface area (Å²) in [6.45, 7) is 9.74. The highest BCUT2D eigenvalue weighted by Crippen LogP contribution is 2.27. The lowest BCUT2D eigenvalue weighted by Gasteiger charge is -2.34. The van der Waals surface area contributed by atoms with Crippen molar-refractivity contribution in [3.63, 3.8) is 0 Å². The summed E-state index contributed by atoms with van der Waals surface area (Å²) in [5, 5.41) is 12.9. The van der Waals surface area contributed by atoms with E-state index >= 15 is 0 Å². The number of likely N-dealkylation sites (N-methyl/N-ethyl adjacent to an activating group) is 1. The topological polar surface area (TPSA) is 35.5 Å². The zero-order valence-electron chi connectivity index (χ0n) is 10.4. The minimum absolute atomic E-state index is 0.130. The minimum Gasteiger partial charge on any atom is -0.394 e. The monoisotopic (exact) mass is 214 g/mol. The molecule has 0 aromatic heterocycles. The molecule has 0 amide bonds. The van der Waals surface area contributed by atoms with Gasteiger partial charge in [-0.25, -0.2) is 0 Å². The van der Waals surface area contributed by atoms with Gasteiger partial charge in [0, 0.05) is 12.6 Å². The van der Waals surface area contributed by atoms with E-state index in [1.54, 1.807) is 0 Å². The molecule has 1 aliphatic rings. The minimum atomic E-state index is -0.130. The lowest BCUT2D eigenvalue weighted by Crippen LogP contribution is -2.54. The van der Waals surface area contributed by atoms with E-state index < -0.39 is 0 Å². The first-order valence-electron chi connectivity index (χ1n) is 6.25. The predicted molar refractivity (Wildman–Crippen MR) is 64.1 cm³/mol. The average molecular weight is 214 g/mol. The van der Waals surface area contributed by atoms with Crippen LogP contribution in [0.25, 0.3) is 0 Å². The van der Waals surface area contributed by atoms with Crippen LogP contribution < -0.4 is 5.32 Å². The zero-order chi connectivity index (χ0) is 11.3. The molecule has 0 radical (unpaired) electrons. The van der Waals surface area contributed by atoms with E-state index in [0.717, 1.165) is 32.1 Å². The summed E-state index contributed by atoms with van der Waals surface area (Å²) in [5.41, 5.74) is -0.130. The van der Waals surface area contributed by atoms with Gasteiger partial charge in [0.2, 0.25) is 0 Å². The predicted octanol–water partition coefficient (Wildman–Crippen LogP) is 1.22. The van der Waals surface area contributed by atoms with Gasteiger partial charge < -0.3 is 10.4 Å². The van der Waals surface area contributed by atoms with Crippen LogP contribution in [0.5, 0.6) is 0 Å². The Labute approximate surface area is 93.9 Å². The van der Waals surface area contributed by atoms with Crippen molar-refractivity contribution in [1.29, 1.82) is 0 Å². The van der Waals surface area contributed by atoms with E-state index in [1.807, 2.05) is 0 Å². The Morgan fingerprint density at radius 1 is 1.40 bits per heavy atom. The van der Waals surface area contributed by atoms with Crippen LogP contribution >= 0.6 is 0 Å². The molecule has 0 bridgehead atoms. The summed E-state index contributed by atoms with van der Waals surface area (Å²) in [5.74, 6) is 0. The van der Waals surface area contributed by atoms with Crippen LogP contribution in [0.15, 0.2) is 0 Å². The number of nitrogens with zero attached hydrogens (tertiary/aromatic N) is 1. The van der Waals surface area contributed by atoms with E-state index in [1.165, 1.54) is 12.8 Å². The molecule has 1 atom stereocenters. The Bertz CT molecular complexity index is 182. The first-order chi connectivity index (χ1) is 7.15. The second kappa shape index (κ2) is 5.83. The van der Waals surface area contributed by atoms with Gasteiger partial charge in [-0.15, -0.1) is 0 Å². The van der Waals surface area contributed by atoms with Crippen LogP contribution in [-0.2, 0) is 0 Å². The van der Waals surface area contributed by atoms with Gasteiger partial charge in [-0.3, -0.25) is 4.90 Å². The third-order valence-electron chi connectivity index (χ3n) is 3.17. The third-order valence-corrected chi connectivity index (χ3v) is 3.17. The Balaban J connectivity index is 2.41. The second-order valence-corrected chi connectivity index (χ2v) is 4.94. The number of hydrogen-bond acceptors (Lipinski definition) is 3. The van der Waals surface area contributed by atoms with Gasteiger partial charge >= 0.3 is 0 Å². The van der Waals surface area contributed by atoms with Crippen molar-refractivity contribution < 1.29 is 5.11 Å². The molecule has 0 spiro atoms. The highest BCUT2D eigenvalue weighted by atomic mass is 16.3. The van der Waals surface area contributed by atoms with E-state index in [4.69, 9.17) is 0 Å². The van der Waals surface area contributed by atoms with Crippen molar-refractivity contribution in [3.8, 4) is 0 Å². The fourth-order valence-electron chi connectivity index (χ4n) is 1.98. The molecule has 0 aliphatic heterocycles. The molecule has 1 saturated carbocycles. The Morgan fingerprint density at radius 2 is 2.07 bits per heavy atom. The van der Waals surface area contributed by atoms with Crippen LogP contribution in [0, 0.1) is 0 Å². The van der Waals surface area contributed by atoms with Gasteiger partial charge in [0.15, 0.2) is 0 Å². The standard InChI is InChI=1S/C12H26N2O/c1-4-8-13-12(3,10-15)9-14(5-2)11-6-7-11/h11,13,15H,4-10H2,1-3H3. The first kappa shape index (κ1) is 12.9. The maximum atomic E-state index is 9.47. The van der Waals surface area contributed by atoms with E-state index in [0.29, 0.717) is 0 Å². The number of rotatable bonds is 8. The smallest absolute Gasteiger partial charge is 0.0623 e. The first-order valence-corrected chi connectivity index (χ1v) is 6.25. The number of aliphatic hydroxyl groups is 1. The van der Waals surface area contributed by atoms with Crippen LogP contribution in [0.4, 0.5) is 0 Å². The van der Waals surface area contributed by atoms with Gasteiger partial charge in [0.05, 0.1) is 12.1 Å². The summed E-state index contributed by atoms with van der Waals surface area (Å²) in [7, 11) is 0. The molecule has 3 heteroatoms. The highest BCUT2D eigenvalue weighted by Gasteiger charge is 2.33. The molecule has 0 aromatic rings. The van der Waals surface area contributed by atoms with E-state index in [-0.39, 0.29) is 12.1 Å². The molecule has 1 rings (SSSR count). The van der Waals surface area contributed by atoms with Crippen molar-refractivity contribution >= 4 is 0 Å². The van der Waals surface area contributed by atoms with Crippen LogP contribution in [-0.4, -0.2) is 47.8 Å². The number of aliphatic hydroxyl groups excluding tert-OH is 1. The molecule has 15 heavy (non-hydrogen) atoms. The Morgan fingerprint density at radius 3 is 2.47 bits per heavy atom. The molecule has 0 aromatic carbocycles. The highest BCUT2D eigenvalue weighted by molar-refractivity contribution is 4.92. The van der Waals surface area contributed by atoms with Crippen molar-refractivity contribution in [2.24, 2.45) is 0 Å². The van der Waals surface area contributed by atoms with Gasteiger partial charge in [0.25, 0.3) is 0 Å². The summed E-state index contributed by atoms with van der Waals surface area (Å²) in [4.78, 5) is 2.48. The van der Waals surface area contributed by atoms with E-state index in [9.17, 15) is 5.11 Å². The van der Waals surface area contributed by atoms with Crippen molar-refractivity contribution in [1.82, 2.24) is 10.2 Å². The molecule has 1 fully saturated rings. The fourth-order valence-corrected chi connectivity index (χ4v) is 1.98. The van der Waals surface area contributed by atoms with Crippen molar-refractivity contribution in [3.05, 3.63) is 0 Å². The van der Waals surface area contributed by atoms with Crippen molar-refractivity contribution in [2.45, 2.75) is 51.6 Å². The summed E-state index contributed by atoms with van der Waals surface area (Å²) in [6, 6.07) is 0.782. The van der Waals surface area contributed by atoms with Crippen molar-refractivity contribution in [2.75, 3.05) is 26.2 Å². The summed E-state index contributed by atoms with van der Waals surface area (Å²) >= 11 is 0.